The van der Waals surface area contributed by atoms with Crippen LogP contribution in [0.3, 0.4) is 0 Å². The van der Waals surface area contributed by atoms with E-state index in [1.54, 1.807) is 30.5 Å². The highest BCUT2D eigenvalue weighted by molar-refractivity contribution is 6.01. The average molecular weight is 284 g/mol. The number of rotatable bonds is 5. The van der Waals surface area contributed by atoms with Crippen molar-refractivity contribution in [1.82, 2.24) is 10.3 Å². The van der Waals surface area contributed by atoms with Gasteiger partial charge < -0.3 is 16.3 Å². The topological polar surface area (TPSA) is 101 Å². The summed E-state index contributed by atoms with van der Waals surface area (Å²) in [5, 5.41) is 14.4. The molecule has 1 aromatic carbocycles. The molecule has 0 aliphatic carbocycles. The first kappa shape index (κ1) is 14.5. The molecule has 4 N–H and O–H groups in total. The molecule has 0 saturated heterocycles. The summed E-state index contributed by atoms with van der Waals surface area (Å²) >= 11 is 0. The van der Waals surface area contributed by atoms with E-state index in [1.807, 2.05) is 18.2 Å². The number of nitrogens with two attached hydrogens (primary N) is 1. The van der Waals surface area contributed by atoms with Gasteiger partial charge in [-0.15, -0.1) is 0 Å². The van der Waals surface area contributed by atoms with Crippen LogP contribution in [0.4, 0.5) is 0 Å². The fourth-order valence-electron chi connectivity index (χ4n) is 1.83. The van der Waals surface area contributed by atoms with Crippen LogP contribution in [0.25, 0.3) is 0 Å². The van der Waals surface area contributed by atoms with E-state index in [2.05, 4.69) is 15.5 Å². The number of hydrogen-bond acceptors (Lipinski definition) is 4. The summed E-state index contributed by atoms with van der Waals surface area (Å²) < 4.78 is 0. The molecule has 108 valence electrons. The van der Waals surface area contributed by atoms with E-state index < -0.39 is 0 Å². The second kappa shape index (κ2) is 7.04. The van der Waals surface area contributed by atoms with E-state index in [9.17, 15) is 4.79 Å². The number of oxime groups is 1. The van der Waals surface area contributed by atoms with Crippen LogP contribution in [-0.4, -0.2) is 28.5 Å². The summed E-state index contributed by atoms with van der Waals surface area (Å²) in [6.07, 6.45) is 2.38. The Hall–Kier alpha value is -2.89. The van der Waals surface area contributed by atoms with Crippen molar-refractivity contribution >= 4 is 11.7 Å². The van der Waals surface area contributed by atoms with Gasteiger partial charge in [0.15, 0.2) is 5.84 Å². The zero-order chi connectivity index (χ0) is 15.1. The average Bonchev–Trinajstić information content (AvgIpc) is 2.55. The SMILES string of the molecule is N/C(=N\O)c1cccc(C(=O)NCCc2ccccn2)c1. The highest BCUT2D eigenvalue weighted by Crippen LogP contribution is 2.05. The third-order valence-electron chi connectivity index (χ3n) is 2.92. The lowest BCUT2D eigenvalue weighted by molar-refractivity contribution is 0.0954. The van der Waals surface area contributed by atoms with Gasteiger partial charge in [-0.25, -0.2) is 0 Å². The standard InChI is InChI=1S/C15H16N4O2/c16-14(19-21)11-4-3-5-12(10-11)15(20)18-9-7-13-6-1-2-8-17-13/h1-6,8,10,21H,7,9H2,(H2,16,19)(H,18,20). The third-order valence-corrected chi connectivity index (χ3v) is 2.92. The van der Waals surface area contributed by atoms with E-state index in [0.29, 0.717) is 24.1 Å². The minimum absolute atomic E-state index is 0.0295. The predicted molar refractivity (Wildman–Crippen MR) is 79.2 cm³/mol. The second-order valence-corrected chi connectivity index (χ2v) is 4.39. The van der Waals surface area contributed by atoms with Gasteiger partial charge in [-0.2, -0.15) is 0 Å². The molecule has 0 spiro atoms. The lowest BCUT2D eigenvalue weighted by atomic mass is 10.1. The van der Waals surface area contributed by atoms with E-state index in [0.717, 1.165) is 5.69 Å². The lowest BCUT2D eigenvalue weighted by Gasteiger charge is -2.06. The molecule has 0 unspecified atom stereocenters. The minimum Gasteiger partial charge on any atom is -0.409 e. The normalized spacial score (nSPS) is 11.1. The molecule has 6 heteroatoms. The molecule has 1 amide bonds. The number of nitrogens with zero attached hydrogens (tertiary/aromatic N) is 2. The van der Waals surface area contributed by atoms with Crippen LogP contribution in [0.15, 0.2) is 53.8 Å². The number of nitrogens with one attached hydrogen (secondary N) is 1. The van der Waals surface area contributed by atoms with Crippen molar-refractivity contribution in [2.24, 2.45) is 10.9 Å². The molecule has 2 aromatic rings. The van der Waals surface area contributed by atoms with Crippen LogP contribution in [0.1, 0.15) is 21.6 Å². The summed E-state index contributed by atoms with van der Waals surface area (Å²) in [5.74, 6) is -0.239. The van der Waals surface area contributed by atoms with Gasteiger partial charge in [0, 0.05) is 36.0 Å². The Bertz CT molecular complexity index is 641. The Labute approximate surface area is 122 Å². The molecule has 2 rings (SSSR count). The lowest BCUT2D eigenvalue weighted by Crippen LogP contribution is -2.26. The molecular weight excluding hydrogens is 268 g/mol. The van der Waals surface area contributed by atoms with Crippen molar-refractivity contribution in [3.8, 4) is 0 Å². The Morgan fingerprint density at radius 3 is 2.76 bits per heavy atom. The number of carbonyl (C=O) groups is 1. The molecule has 1 heterocycles. The van der Waals surface area contributed by atoms with Crippen LogP contribution in [0.5, 0.6) is 0 Å². The molecule has 0 bridgehead atoms. The number of hydrogen-bond donors (Lipinski definition) is 3. The fourth-order valence-corrected chi connectivity index (χ4v) is 1.83. The molecule has 6 nitrogen and oxygen atoms in total. The molecule has 0 aliphatic heterocycles. The highest BCUT2D eigenvalue weighted by atomic mass is 16.4. The number of pyridine rings is 1. The van der Waals surface area contributed by atoms with Crippen LogP contribution in [0, 0.1) is 0 Å². The maximum absolute atomic E-state index is 12.0. The molecule has 21 heavy (non-hydrogen) atoms. The van der Waals surface area contributed by atoms with Crippen LogP contribution >= 0.6 is 0 Å². The van der Waals surface area contributed by atoms with Gasteiger partial charge >= 0.3 is 0 Å². The number of benzene rings is 1. The quantitative estimate of drug-likeness (QED) is 0.332. The third kappa shape index (κ3) is 4.04. The largest absolute Gasteiger partial charge is 0.409 e. The molecule has 0 atom stereocenters. The highest BCUT2D eigenvalue weighted by Gasteiger charge is 2.07. The Morgan fingerprint density at radius 2 is 2.05 bits per heavy atom. The Kier molecular flexibility index (Phi) is 4.87. The smallest absolute Gasteiger partial charge is 0.251 e. The van der Waals surface area contributed by atoms with Gasteiger partial charge in [-0.05, 0) is 24.3 Å². The molecule has 0 aliphatic rings. The van der Waals surface area contributed by atoms with Crippen LogP contribution in [0.2, 0.25) is 0 Å². The molecule has 0 saturated carbocycles. The maximum atomic E-state index is 12.0. The van der Waals surface area contributed by atoms with E-state index in [-0.39, 0.29) is 11.7 Å². The van der Waals surface area contributed by atoms with Crippen molar-refractivity contribution in [3.05, 3.63) is 65.5 Å². The zero-order valence-electron chi connectivity index (χ0n) is 11.4. The second-order valence-electron chi connectivity index (χ2n) is 4.39. The first-order valence-electron chi connectivity index (χ1n) is 6.47. The predicted octanol–water partition coefficient (Wildman–Crippen LogP) is 1.15. The van der Waals surface area contributed by atoms with Crippen molar-refractivity contribution < 1.29 is 10.0 Å². The van der Waals surface area contributed by atoms with Gasteiger partial charge in [0.05, 0.1) is 0 Å². The number of amidine groups is 1. The van der Waals surface area contributed by atoms with Gasteiger partial charge in [0.2, 0.25) is 0 Å². The monoisotopic (exact) mass is 284 g/mol. The minimum atomic E-state index is -0.210. The van der Waals surface area contributed by atoms with Gasteiger partial charge in [0.25, 0.3) is 5.91 Å². The molecule has 1 aromatic heterocycles. The summed E-state index contributed by atoms with van der Waals surface area (Å²) in [5.41, 5.74) is 7.37. The zero-order valence-corrected chi connectivity index (χ0v) is 11.4. The van der Waals surface area contributed by atoms with E-state index in [1.165, 1.54) is 0 Å². The summed E-state index contributed by atoms with van der Waals surface area (Å²) in [4.78, 5) is 16.2. The number of aromatic nitrogens is 1. The summed E-state index contributed by atoms with van der Waals surface area (Å²) in [6, 6.07) is 12.3. The van der Waals surface area contributed by atoms with Gasteiger partial charge in [-0.3, -0.25) is 9.78 Å². The van der Waals surface area contributed by atoms with Crippen molar-refractivity contribution in [2.45, 2.75) is 6.42 Å². The Balaban J connectivity index is 1.94. The maximum Gasteiger partial charge on any atom is 0.251 e. The van der Waals surface area contributed by atoms with Gasteiger partial charge in [0.1, 0.15) is 0 Å². The first-order valence-corrected chi connectivity index (χ1v) is 6.47. The van der Waals surface area contributed by atoms with E-state index >= 15 is 0 Å². The van der Waals surface area contributed by atoms with E-state index in [4.69, 9.17) is 10.9 Å². The molecular formula is C15H16N4O2. The van der Waals surface area contributed by atoms with Crippen LogP contribution < -0.4 is 11.1 Å². The van der Waals surface area contributed by atoms with Crippen LogP contribution in [-0.2, 0) is 6.42 Å². The van der Waals surface area contributed by atoms with Crippen molar-refractivity contribution in [2.75, 3.05) is 6.54 Å². The van der Waals surface area contributed by atoms with Gasteiger partial charge in [-0.1, -0.05) is 23.4 Å². The fraction of sp³-hybridized carbons (Fsp3) is 0.133. The summed E-state index contributed by atoms with van der Waals surface area (Å²) in [6.45, 7) is 0.490. The molecule has 0 radical (unpaired) electrons. The summed E-state index contributed by atoms with van der Waals surface area (Å²) in [7, 11) is 0. The number of carbonyl (C=O) groups excluding carboxylic acids is 1. The van der Waals surface area contributed by atoms with Crippen molar-refractivity contribution in [3.63, 3.8) is 0 Å². The molecule has 0 fully saturated rings. The van der Waals surface area contributed by atoms with Crippen molar-refractivity contribution in [1.29, 1.82) is 0 Å². The Morgan fingerprint density at radius 1 is 1.24 bits per heavy atom. The first-order chi connectivity index (χ1) is 10.2. The number of amides is 1.